The molecule has 3 aromatic heterocycles. The van der Waals surface area contributed by atoms with Gasteiger partial charge in [-0.2, -0.15) is 31.2 Å². The zero-order chi connectivity index (χ0) is 25.4. The first-order valence-electron chi connectivity index (χ1n) is 10.2. The number of piperidine rings is 1. The zero-order valence-corrected chi connectivity index (χ0v) is 18.9. The molecule has 15 heteroatoms. The maximum absolute atomic E-state index is 13.4. The molecule has 10 nitrogen and oxygen atoms in total. The van der Waals surface area contributed by atoms with E-state index in [4.69, 9.17) is 0 Å². The van der Waals surface area contributed by atoms with E-state index in [1.54, 1.807) is 28.9 Å². The van der Waals surface area contributed by atoms with Crippen LogP contribution in [0, 0.1) is 17.3 Å². The number of hydrogen-bond acceptors (Lipinski definition) is 9. The van der Waals surface area contributed by atoms with Gasteiger partial charge >= 0.3 is 15.6 Å². The predicted molar refractivity (Wildman–Crippen MR) is 113 cm³/mol. The van der Waals surface area contributed by atoms with E-state index in [1.807, 2.05) is 0 Å². The third kappa shape index (κ3) is 4.74. The lowest BCUT2D eigenvalue weighted by Crippen LogP contribution is -2.35. The van der Waals surface area contributed by atoms with Crippen LogP contribution in [0.4, 0.5) is 23.2 Å². The van der Waals surface area contributed by atoms with E-state index in [0.717, 1.165) is 24.3 Å². The fourth-order valence-corrected chi connectivity index (χ4v) is 4.34. The lowest BCUT2D eigenvalue weighted by atomic mass is 9.94. The molecule has 184 valence electrons. The van der Waals surface area contributed by atoms with E-state index in [1.165, 1.54) is 6.07 Å². The van der Waals surface area contributed by atoms with Crippen LogP contribution in [0.2, 0.25) is 0 Å². The summed E-state index contributed by atoms with van der Waals surface area (Å²) in [6, 6.07) is 4.15. The number of aromatic nitrogens is 5. The van der Waals surface area contributed by atoms with E-state index < -0.39 is 32.9 Å². The van der Waals surface area contributed by atoms with Gasteiger partial charge in [0.1, 0.15) is 23.8 Å². The first-order valence-corrected chi connectivity index (χ1v) is 11.6. The van der Waals surface area contributed by atoms with E-state index in [9.17, 15) is 31.2 Å². The molecule has 4 heterocycles. The Bertz CT molecular complexity index is 1380. The van der Waals surface area contributed by atoms with Crippen LogP contribution in [0.25, 0.3) is 11.3 Å². The van der Waals surface area contributed by atoms with Crippen molar-refractivity contribution in [3.05, 3.63) is 48.2 Å². The standard InChI is InChI=1S/C20H17F4N7O3S/c1-30-11-28-29-19(30)12-4-6-31(7-5-12)18-14(8-25)15(34-35(32,33)20(22,23)24)10-27-17(18)13-2-3-16(21)26-9-13/h2-3,9-12H,4-7H2,1H3. The highest BCUT2D eigenvalue weighted by molar-refractivity contribution is 7.88. The highest BCUT2D eigenvalue weighted by Gasteiger charge is 2.49. The van der Waals surface area contributed by atoms with E-state index in [0.29, 0.717) is 25.9 Å². The Kier molecular flexibility index (Phi) is 6.32. The van der Waals surface area contributed by atoms with Crippen molar-refractivity contribution >= 4 is 15.8 Å². The Labute approximate surface area is 196 Å². The van der Waals surface area contributed by atoms with Gasteiger partial charge in [-0.1, -0.05) is 0 Å². The lowest BCUT2D eigenvalue weighted by molar-refractivity contribution is -0.0500. The molecule has 0 radical (unpaired) electrons. The first-order chi connectivity index (χ1) is 16.5. The van der Waals surface area contributed by atoms with Gasteiger partial charge in [0.15, 0.2) is 5.75 Å². The summed E-state index contributed by atoms with van der Waals surface area (Å²) in [5, 5.41) is 17.8. The van der Waals surface area contributed by atoms with E-state index in [-0.39, 0.29) is 22.9 Å². The number of halogens is 4. The molecule has 1 aliphatic heterocycles. The minimum absolute atomic E-state index is 0.0400. The minimum Gasteiger partial charge on any atom is -0.373 e. The lowest BCUT2D eigenvalue weighted by Gasteiger charge is -2.34. The number of alkyl halides is 3. The summed E-state index contributed by atoms with van der Waals surface area (Å²) in [5.41, 5.74) is -5.70. The van der Waals surface area contributed by atoms with E-state index in [2.05, 4.69) is 24.3 Å². The molecule has 0 amide bonds. The Morgan fingerprint density at radius 2 is 1.89 bits per heavy atom. The molecule has 0 bridgehead atoms. The van der Waals surface area contributed by atoms with Crippen LogP contribution in [0.3, 0.4) is 0 Å². The van der Waals surface area contributed by atoms with Crippen LogP contribution in [0.1, 0.15) is 30.1 Å². The highest BCUT2D eigenvalue weighted by atomic mass is 32.2. The smallest absolute Gasteiger partial charge is 0.373 e. The SMILES string of the molecule is Cn1cnnc1C1CCN(c2c(-c3ccc(F)nc3)ncc(OS(=O)(=O)C(F)(F)F)c2C#N)CC1. The topological polar surface area (TPSA) is 127 Å². The molecule has 0 aromatic carbocycles. The van der Waals surface area contributed by atoms with Gasteiger partial charge in [0, 0.05) is 37.8 Å². The Balaban J connectivity index is 1.77. The van der Waals surface area contributed by atoms with Crippen molar-refractivity contribution in [3.8, 4) is 23.1 Å². The first kappa shape index (κ1) is 24.3. The zero-order valence-electron chi connectivity index (χ0n) is 18.1. The maximum atomic E-state index is 13.4. The van der Waals surface area contributed by atoms with Crippen LogP contribution in [0.5, 0.6) is 5.75 Å². The van der Waals surface area contributed by atoms with Gasteiger partial charge < -0.3 is 13.7 Å². The number of pyridine rings is 2. The summed E-state index contributed by atoms with van der Waals surface area (Å²) in [7, 11) is -4.24. The van der Waals surface area contributed by atoms with Gasteiger partial charge in [0.25, 0.3) is 0 Å². The number of nitriles is 1. The summed E-state index contributed by atoms with van der Waals surface area (Å²) in [6.07, 6.45) is 4.56. The molecule has 0 unspecified atom stereocenters. The fourth-order valence-electron chi connectivity index (χ4n) is 3.88. The second-order valence-corrected chi connectivity index (χ2v) is 9.26. The monoisotopic (exact) mass is 511 g/mol. The fraction of sp³-hybridized carbons (Fsp3) is 0.350. The van der Waals surface area contributed by atoms with Crippen LogP contribution < -0.4 is 9.08 Å². The third-order valence-corrected chi connectivity index (χ3v) is 6.50. The average Bonchev–Trinajstić information content (AvgIpc) is 3.24. The van der Waals surface area contributed by atoms with Gasteiger partial charge in [-0.15, -0.1) is 10.2 Å². The van der Waals surface area contributed by atoms with Gasteiger partial charge in [-0.25, -0.2) is 9.97 Å². The summed E-state index contributed by atoms with van der Waals surface area (Å²) >= 11 is 0. The van der Waals surface area contributed by atoms with Crippen molar-refractivity contribution in [2.45, 2.75) is 24.3 Å². The molecule has 0 spiro atoms. The molecule has 1 fully saturated rings. The number of rotatable bonds is 5. The normalized spacial score (nSPS) is 15.1. The largest absolute Gasteiger partial charge is 0.534 e. The van der Waals surface area contributed by atoms with Crippen LogP contribution >= 0.6 is 0 Å². The second kappa shape index (κ2) is 9.10. The van der Waals surface area contributed by atoms with Crippen molar-refractivity contribution in [2.75, 3.05) is 18.0 Å². The molecule has 0 aliphatic carbocycles. The molecule has 0 atom stereocenters. The van der Waals surface area contributed by atoms with Crippen molar-refractivity contribution in [1.82, 2.24) is 24.7 Å². The Hall–Kier alpha value is -3.80. The molecule has 0 saturated carbocycles. The third-order valence-electron chi connectivity index (χ3n) is 5.54. The van der Waals surface area contributed by atoms with Gasteiger partial charge in [-0.05, 0) is 25.0 Å². The van der Waals surface area contributed by atoms with Crippen LogP contribution in [-0.4, -0.2) is 51.7 Å². The molecular formula is C20H17F4N7O3S. The Morgan fingerprint density at radius 3 is 2.43 bits per heavy atom. The van der Waals surface area contributed by atoms with Gasteiger partial charge in [-0.3, -0.25) is 0 Å². The number of aryl methyl sites for hydroxylation is 1. The number of nitrogens with zero attached hydrogens (tertiary/aromatic N) is 7. The molecule has 1 aliphatic rings. The van der Waals surface area contributed by atoms with Crippen LogP contribution in [-0.2, 0) is 17.2 Å². The average molecular weight is 511 g/mol. The number of anilines is 1. The molecule has 1 saturated heterocycles. The highest BCUT2D eigenvalue weighted by Crippen LogP contribution is 2.41. The van der Waals surface area contributed by atoms with Gasteiger partial charge in [0.05, 0.1) is 17.6 Å². The van der Waals surface area contributed by atoms with Crippen molar-refractivity contribution in [3.63, 3.8) is 0 Å². The second-order valence-electron chi connectivity index (χ2n) is 7.72. The van der Waals surface area contributed by atoms with Crippen molar-refractivity contribution < 1.29 is 30.2 Å². The molecular weight excluding hydrogens is 494 g/mol. The maximum Gasteiger partial charge on any atom is 0.534 e. The van der Waals surface area contributed by atoms with Crippen LogP contribution in [0.15, 0.2) is 30.9 Å². The van der Waals surface area contributed by atoms with Crippen molar-refractivity contribution in [2.24, 2.45) is 7.05 Å². The summed E-state index contributed by atoms with van der Waals surface area (Å²) in [4.78, 5) is 9.34. The molecule has 3 aromatic rings. The summed E-state index contributed by atoms with van der Waals surface area (Å²) in [5.74, 6) is -0.830. The van der Waals surface area contributed by atoms with Gasteiger partial charge in [0.2, 0.25) is 5.95 Å². The molecule has 0 N–H and O–H groups in total. The summed E-state index contributed by atoms with van der Waals surface area (Å²) in [6.45, 7) is 0.677. The van der Waals surface area contributed by atoms with E-state index >= 15 is 0 Å². The molecule has 4 rings (SSSR count). The molecule has 35 heavy (non-hydrogen) atoms. The minimum atomic E-state index is -6.05. The Morgan fingerprint density at radius 1 is 1.17 bits per heavy atom. The predicted octanol–water partition coefficient (Wildman–Crippen LogP) is 2.90. The number of hydrogen-bond donors (Lipinski definition) is 0. The quantitative estimate of drug-likeness (QED) is 0.220. The summed E-state index contributed by atoms with van der Waals surface area (Å²) < 4.78 is 81.4. The van der Waals surface area contributed by atoms with Crippen molar-refractivity contribution in [1.29, 1.82) is 5.26 Å².